The Labute approximate surface area is 132 Å². The fourth-order valence-electron chi connectivity index (χ4n) is 2.28. The second-order valence-corrected chi connectivity index (χ2v) is 6.11. The average molecular weight is 342 g/mol. The van der Waals surface area contributed by atoms with Crippen LogP contribution in [-0.4, -0.2) is 11.1 Å². The van der Waals surface area contributed by atoms with Crippen molar-refractivity contribution in [2.45, 2.75) is 20.0 Å². The zero-order valence-corrected chi connectivity index (χ0v) is 13.6. The van der Waals surface area contributed by atoms with Crippen molar-refractivity contribution in [2.24, 2.45) is 0 Å². The number of fused-ring (bicyclic) bond motifs is 1. The summed E-state index contributed by atoms with van der Waals surface area (Å²) in [4.78, 5) is 4.75. The lowest BCUT2D eigenvalue weighted by Gasteiger charge is -2.14. The molecule has 0 amide bonds. The number of benzene rings is 2. The lowest BCUT2D eigenvalue weighted by molar-refractivity contribution is 0.243. The Balaban J connectivity index is 2.10. The van der Waals surface area contributed by atoms with Crippen LogP contribution >= 0.6 is 15.9 Å². The summed E-state index contributed by atoms with van der Waals surface area (Å²) in [7, 11) is 0. The van der Waals surface area contributed by atoms with Gasteiger partial charge in [0.25, 0.3) is 0 Å². The molecule has 106 valence electrons. The third-order valence-corrected chi connectivity index (χ3v) is 3.67. The smallest absolute Gasteiger partial charge is 0.129 e. The fraction of sp³-hybridized carbons (Fsp3) is 0.167. The van der Waals surface area contributed by atoms with Crippen molar-refractivity contribution in [1.82, 2.24) is 4.98 Å². The van der Waals surface area contributed by atoms with E-state index >= 15 is 0 Å². The van der Waals surface area contributed by atoms with Crippen molar-refractivity contribution in [3.63, 3.8) is 0 Å². The minimum atomic E-state index is 0.141. The van der Waals surface area contributed by atoms with Crippen molar-refractivity contribution in [1.29, 1.82) is 0 Å². The van der Waals surface area contributed by atoms with Gasteiger partial charge in [0.15, 0.2) is 0 Å². The Bertz CT molecular complexity index is 783. The van der Waals surface area contributed by atoms with Crippen LogP contribution < -0.4 is 4.74 Å². The van der Waals surface area contributed by atoms with E-state index in [1.807, 2.05) is 56.3 Å². The summed E-state index contributed by atoms with van der Waals surface area (Å²) < 4.78 is 6.95. The fourth-order valence-corrected chi connectivity index (χ4v) is 2.66. The van der Waals surface area contributed by atoms with Crippen molar-refractivity contribution < 1.29 is 4.74 Å². The van der Waals surface area contributed by atoms with Crippen molar-refractivity contribution in [3.05, 3.63) is 59.1 Å². The summed E-state index contributed by atoms with van der Waals surface area (Å²) in [6, 6.07) is 18.3. The molecule has 3 heteroatoms. The van der Waals surface area contributed by atoms with Crippen molar-refractivity contribution >= 4 is 26.8 Å². The standard InChI is InChI=1S/C18H16BrNO/c1-12(2)21-18-6-4-3-5-15(18)17-9-7-13-11-14(19)8-10-16(13)20-17/h3-12H,1-2H3. The maximum atomic E-state index is 5.88. The molecule has 21 heavy (non-hydrogen) atoms. The second kappa shape index (κ2) is 5.86. The van der Waals surface area contributed by atoms with Crippen LogP contribution in [0, 0.1) is 0 Å². The van der Waals surface area contributed by atoms with E-state index in [1.54, 1.807) is 0 Å². The van der Waals surface area contributed by atoms with Gasteiger partial charge in [-0.2, -0.15) is 0 Å². The highest BCUT2D eigenvalue weighted by atomic mass is 79.9. The first kappa shape index (κ1) is 14.1. The number of rotatable bonds is 3. The van der Waals surface area contributed by atoms with Crippen LogP contribution in [0.5, 0.6) is 5.75 Å². The Kier molecular flexibility index (Phi) is 3.93. The highest BCUT2D eigenvalue weighted by Gasteiger charge is 2.09. The molecule has 0 spiro atoms. The molecule has 0 N–H and O–H groups in total. The number of pyridine rings is 1. The van der Waals surface area contributed by atoms with E-state index in [2.05, 4.69) is 28.1 Å². The SMILES string of the molecule is CC(C)Oc1ccccc1-c1ccc2cc(Br)ccc2n1. The third kappa shape index (κ3) is 3.08. The van der Waals surface area contributed by atoms with E-state index in [1.165, 1.54) is 0 Å². The van der Waals surface area contributed by atoms with Crippen LogP contribution in [0.4, 0.5) is 0 Å². The molecular weight excluding hydrogens is 326 g/mol. The zero-order valence-electron chi connectivity index (χ0n) is 12.0. The Hall–Kier alpha value is -1.87. The van der Waals surface area contributed by atoms with Crippen molar-refractivity contribution in [3.8, 4) is 17.0 Å². The van der Waals surface area contributed by atoms with E-state index in [0.29, 0.717) is 0 Å². The molecule has 3 aromatic rings. The Morgan fingerprint density at radius 3 is 2.62 bits per heavy atom. The molecule has 2 nitrogen and oxygen atoms in total. The maximum Gasteiger partial charge on any atom is 0.129 e. The molecule has 0 atom stereocenters. The lowest BCUT2D eigenvalue weighted by atomic mass is 10.1. The second-order valence-electron chi connectivity index (χ2n) is 5.20. The highest BCUT2D eigenvalue weighted by molar-refractivity contribution is 9.10. The molecule has 3 rings (SSSR count). The van der Waals surface area contributed by atoms with Gasteiger partial charge in [-0.25, -0.2) is 4.98 Å². The number of hydrogen-bond donors (Lipinski definition) is 0. The molecule has 0 radical (unpaired) electrons. The molecular formula is C18H16BrNO. The Morgan fingerprint density at radius 1 is 1.00 bits per heavy atom. The van der Waals surface area contributed by atoms with E-state index < -0.39 is 0 Å². The third-order valence-electron chi connectivity index (χ3n) is 3.18. The topological polar surface area (TPSA) is 22.1 Å². The summed E-state index contributed by atoms with van der Waals surface area (Å²) in [6.45, 7) is 4.06. The van der Waals surface area contributed by atoms with Gasteiger partial charge in [-0.15, -0.1) is 0 Å². The van der Waals surface area contributed by atoms with Crippen LogP contribution in [0.2, 0.25) is 0 Å². The minimum Gasteiger partial charge on any atom is -0.490 e. The van der Waals surface area contributed by atoms with Crippen LogP contribution in [0.25, 0.3) is 22.2 Å². The highest BCUT2D eigenvalue weighted by Crippen LogP contribution is 2.30. The molecule has 2 aromatic carbocycles. The van der Waals surface area contributed by atoms with E-state index in [9.17, 15) is 0 Å². The molecule has 0 bridgehead atoms. The summed E-state index contributed by atoms with van der Waals surface area (Å²) >= 11 is 3.49. The quantitative estimate of drug-likeness (QED) is 0.631. The Morgan fingerprint density at radius 2 is 1.81 bits per heavy atom. The van der Waals surface area contributed by atoms with Gasteiger partial charge in [0.05, 0.1) is 17.3 Å². The van der Waals surface area contributed by atoms with Gasteiger partial charge in [0.1, 0.15) is 5.75 Å². The van der Waals surface area contributed by atoms with Crippen LogP contribution in [0.15, 0.2) is 59.1 Å². The number of ether oxygens (including phenoxy) is 1. The largest absolute Gasteiger partial charge is 0.490 e. The van der Waals surface area contributed by atoms with E-state index in [-0.39, 0.29) is 6.10 Å². The van der Waals surface area contributed by atoms with E-state index in [4.69, 9.17) is 9.72 Å². The van der Waals surface area contributed by atoms with Crippen LogP contribution in [0.1, 0.15) is 13.8 Å². The van der Waals surface area contributed by atoms with Gasteiger partial charge in [-0.1, -0.05) is 34.1 Å². The molecule has 0 aliphatic carbocycles. The van der Waals surface area contributed by atoms with Crippen LogP contribution in [0.3, 0.4) is 0 Å². The number of nitrogens with zero attached hydrogens (tertiary/aromatic N) is 1. The summed E-state index contributed by atoms with van der Waals surface area (Å²) in [6.07, 6.45) is 0.141. The summed E-state index contributed by atoms with van der Waals surface area (Å²) in [5, 5.41) is 1.12. The number of hydrogen-bond acceptors (Lipinski definition) is 2. The van der Waals surface area contributed by atoms with Gasteiger partial charge < -0.3 is 4.74 Å². The average Bonchev–Trinajstić information content (AvgIpc) is 2.47. The molecule has 0 aliphatic heterocycles. The number of halogens is 1. The van der Waals surface area contributed by atoms with E-state index in [0.717, 1.165) is 32.4 Å². The first-order valence-corrected chi connectivity index (χ1v) is 7.75. The molecule has 0 fully saturated rings. The predicted molar refractivity (Wildman–Crippen MR) is 90.6 cm³/mol. The van der Waals surface area contributed by atoms with Crippen molar-refractivity contribution in [2.75, 3.05) is 0 Å². The zero-order chi connectivity index (χ0) is 14.8. The molecule has 0 unspecified atom stereocenters. The summed E-state index contributed by atoms with van der Waals surface area (Å²) in [5.74, 6) is 0.872. The van der Waals surface area contributed by atoms with Gasteiger partial charge in [0, 0.05) is 15.4 Å². The maximum absolute atomic E-state index is 5.88. The van der Waals surface area contributed by atoms with Gasteiger partial charge in [-0.05, 0) is 50.2 Å². The first-order chi connectivity index (χ1) is 10.1. The van der Waals surface area contributed by atoms with Gasteiger partial charge in [0.2, 0.25) is 0 Å². The lowest BCUT2D eigenvalue weighted by Crippen LogP contribution is -2.06. The molecule has 1 heterocycles. The number of para-hydroxylation sites is 1. The van der Waals surface area contributed by atoms with Gasteiger partial charge >= 0.3 is 0 Å². The monoisotopic (exact) mass is 341 g/mol. The molecule has 1 aromatic heterocycles. The molecule has 0 saturated carbocycles. The molecule has 0 saturated heterocycles. The number of aromatic nitrogens is 1. The minimum absolute atomic E-state index is 0.141. The summed E-state index contributed by atoms with van der Waals surface area (Å²) in [5.41, 5.74) is 2.94. The van der Waals surface area contributed by atoms with Gasteiger partial charge in [-0.3, -0.25) is 0 Å². The predicted octanol–water partition coefficient (Wildman–Crippen LogP) is 5.45. The first-order valence-electron chi connectivity index (χ1n) is 6.96. The molecule has 0 aliphatic rings. The normalized spacial score (nSPS) is 11.0. The van der Waals surface area contributed by atoms with Crippen LogP contribution in [-0.2, 0) is 0 Å².